The van der Waals surface area contributed by atoms with Gasteiger partial charge in [-0.25, -0.2) is 0 Å². The van der Waals surface area contributed by atoms with Gasteiger partial charge in [-0.1, -0.05) is 18.2 Å². The van der Waals surface area contributed by atoms with Gasteiger partial charge < -0.3 is 11.1 Å². The molecule has 0 radical (unpaired) electrons. The summed E-state index contributed by atoms with van der Waals surface area (Å²) in [5.41, 5.74) is 5.64. The predicted molar refractivity (Wildman–Crippen MR) is 61.4 cm³/mol. The van der Waals surface area contributed by atoms with Gasteiger partial charge in [0, 0.05) is 18.6 Å². The molecule has 0 saturated heterocycles. The van der Waals surface area contributed by atoms with Crippen LogP contribution >= 0.6 is 0 Å². The number of hydrogen-bond acceptors (Lipinski definition) is 2. The summed E-state index contributed by atoms with van der Waals surface area (Å²) in [5.74, 6) is 0. The molecule has 0 amide bonds. The minimum Gasteiger partial charge on any atom is -0.327 e. The van der Waals surface area contributed by atoms with Gasteiger partial charge in [-0.2, -0.15) is 13.2 Å². The van der Waals surface area contributed by atoms with Crippen LogP contribution in [-0.4, -0.2) is 12.1 Å². The molecule has 1 aromatic rings. The maximum Gasteiger partial charge on any atom is 0.416 e. The highest BCUT2D eigenvalue weighted by Gasteiger charge is 2.30. The van der Waals surface area contributed by atoms with Gasteiger partial charge in [0.15, 0.2) is 0 Å². The van der Waals surface area contributed by atoms with Crippen molar-refractivity contribution in [3.05, 3.63) is 35.4 Å². The van der Waals surface area contributed by atoms with Crippen LogP contribution in [-0.2, 0) is 12.7 Å². The topological polar surface area (TPSA) is 38.0 Å². The van der Waals surface area contributed by atoms with Crippen LogP contribution in [0.1, 0.15) is 25.0 Å². The van der Waals surface area contributed by atoms with E-state index >= 15 is 0 Å². The van der Waals surface area contributed by atoms with E-state index in [9.17, 15) is 13.2 Å². The van der Waals surface area contributed by atoms with Crippen molar-refractivity contribution in [2.75, 3.05) is 0 Å². The smallest absolute Gasteiger partial charge is 0.327 e. The van der Waals surface area contributed by atoms with Gasteiger partial charge in [-0.3, -0.25) is 0 Å². The molecule has 5 heteroatoms. The molecule has 0 spiro atoms. The number of nitrogens with two attached hydrogens (primary N) is 1. The summed E-state index contributed by atoms with van der Waals surface area (Å²) in [4.78, 5) is 0. The lowest BCUT2D eigenvalue weighted by Crippen LogP contribution is -2.40. The second-order valence-corrected chi connectivity index (χ2v) is 4.23. The third-order valence-electron chi connectivity index (χ3n) is 2.67. The highest BCUT2D eigenvalue weighted by Crippen LogP contribution is 2.29. The standard InChI is InChI=1S/C12H17F3N2/c1-8(16)9(2)17-7-10-4-3-5-11(6-10)12(13,14)15/h3-6,8-9,17H,7,16H2,1-2H3. The Morgan fingerprint density at radius 3 is 2.47 bits per heavy atom. The van der Waals surface area contributed by atoms with Crippen molar-refractivity contribution >= 4 is 0 Å². The number of rotatable bonds is 4. The van der Waals surface area contributed by atoms with Gasteiger partial charge in [0.25, 0.3) is 0 Å². The lowest BCUT2D eigenvalue weighted by atomic mass is 10.1. The van der Waals surface area contributed by atoms with Crippen LogP contribution in [0.2, 0.25) is 0 Å². The average Bonchev–Trinajstić information content (AvgIpc) is 2.25. The summed E-state index contributed by atoms with van der Waals surface area (Å²) in [5, 5.41) is 3.08. The van der Waals surface area contributed by atoms with Gasteiger partial charge in [0.05, 0.1) is 5.56 Å². The molecule has 0 aliphatic rings. The van der Waals surface area contributed by atoms with Crippen LogP contribution in [0.4, 0.5) is 13.2 Å². The monoisotopic (exact) mass is 246 g/mol. The van der Waals surface area contributed by atoms with E-state index in [-0.39, 0.29) is 12.1 Å². The predicted octanol–water partition coefficient (Wildman–Crippen LogP) is 2.53. The number of hydrogen-bond donors (Lipinski definition) is 2. The van der Waals surface area contributed by atoms with E-state index in [1.54, 1.807) is 6.07 Å². The summed E-state index contributed by atoms with van der Waals surface area (Å²) in [6, 6.07) is 5.32. The Balaban J connectivity index is 2.67. The molecule has 0 bridgehead atoms. The highest BCUT2D eigenvalue weighted by molar-refractivity contribution is 5.25. The third-order valence-corrected chi connectivity index (χ3v) is 2.67. The van der Waals surface area contributed by atoms with E-state index in [0.717, 1.165) is 12.1 Å². The van der Waals surface area contributed by atoms with Crippen molar-refractivity contribution < 1.29 is 13.2 Å². The molecule has 96 valence electrons. The number of halogens is 3. The van der Waals surface area contributed by atoms with Crippen molar-refractivity contribution in [1.82, 2.24) is 5.32 Å². The Kier molecular flexibility index (Phi) is 4.54. The summed E-state index contributed by atoms with van der Waals surface area (Å²) >= 11 is 0. The third kappa shape index (κ3) is 4.36. The first kappa shape index (κ1) is 14.0. The molecule has 1 rings (SSSR count). The van der Waals surface area contributed by atoms with Gasteiger partial charge in [-0.05, 0) is 25.5 Å². The summed E-state index contributed by atoms with van der Waals surface area (Å²) < 4.78 is 37.4. The van der Waals surface area contributed by atoms with E-state index in [4.69, 9.17) is 5.73 Å². The summed E-state index contributed by atoms with van der Waals surface area (Å²) in [7, 11) is 0. The fraction of sp³-hybridized carbons (Fsp3) is 0.500. The summed E-state index contributed by atoms with van der Waals surface area (Å²) in [6.07, 6.45) is -4.29. The normalized spacial score (nSPS) is 15.6. The van der Waals surface area contributed by atoms with Crippen LogP contribution in [0.5, 0.6) is 0 Å². The largest absolute Gasteiger partial charge is 0.416 e. The van der Waals surface area contributed by atoms with Crippen LogP contribution in [0.25, 0.3) is 0 Å². The van der Waals surface area contributed by atoms with Crippen molar-refractivity contribution in [3.8, 4) is 0 Å². The Labute approximate surface area is 99.0 Å². The Morgan fingerprint density at radius 2 is 1.94 bits per heavy atom. The van der Waals surface area contributed by atoms with E-state index in [1.807, 2.05) is 13.8 Å². The van der Waals surface area contributed by atoms with Gasteiger partial charge in [-0.15, -0.1) is 0 Å². The van der Waals surface area contributed by atoms with E-state index in [1.165, 1.54) is 6.07 Å². The highest BCUT2D eigenvalue weighted by atomic mass is 19.4. The molecule has 1 aromatic carbocycles. The SMILES string of the molecule is CC(N)C(C)NCc1cccc(C(F)(F)F)c1. The van der Waals surface area contributed by atoms with E-state index in [2.05, 4.69) is 5.32 Å². The zero-order valence-electron chi connectivity index (χ0n) is 9.88. The average molecular weight is 246 g/mol. The molecule has 0 heterocycles. The molecule has 2 atom stereocenters. The van der Waals surface area contributed by atoms with Crippen LogP contribution in [0, 0.1) is 0 Å². The minimum absolute atomic E-state index is 0.0409. The molecule has 0 aromatic heterocycles. The Hall–Kier alpha value is -1.07. The first-order chi connectivity index (χ1) is 7.80. The Bertz CT molecular complexity index is 361. The van der Waals surface area contributed by atoms with Gasteiger partial charge in [0.1, 0.15) is 0 Å². The molecule has 2 unspecified atom stereocenters. The molecule has 2 nitrogen and oxygen atoms in total. The van der Waals surface area contributed by atoms with Gasteiger partial charge >= 0.3 is 6.18 Å². The zero-order chi connectivity index (χ0) is 13.1. The second-order valence-electron chi connectivity index (χ2n) is 4.23. The molecule has 17 heavy (non-hydrogen) atoms. The molecular weight excluding hydrogens is 229 g/mol. The molecule has 0 aliphatic carbocycles. The first-order valence-corrected chi connectivity index (χ1v) is 5.46. The van der Waals surface area contributed by atoms with E-state index < -0.39 is 11.7 Å². The van der Waals surface area contributed by atoms with Crippen molar-refractivity contribution in [2.45, 2.75) is 38.7 Å². The fourth-order valence-corrected chi connectivity index (χ4v) is 1.32. The molecular formula is C12H17F3N2. The van der Waals surface area contributed by atoms with Crippen molar-refractivity contribution in [2.24, 2.45) is 5.73 Å². The molecule has 0 aliphatic heterocycles. The number of nitrogens with one attached hydrogen (secondary N) is 1. The van der Waals surface area contributed by atoms with E-state index in [0.29, 0.717) is 12.1 Å². The van der Waals surface area contributed by atoms with Crippen LogP contribution < -0.4 is 11.1 Å². The number of alkyl halides is 3. The first-order valence-electron chi connectivity index (χ1n) is 5.46. The number of benzene rings is 1. The Morgan fingerprint density at radius 1 is 1.29 bits per heavy atom. The maximum atomic E-state index is 12.5. The quantitative estimate of drug-likeness (QED) is 0.856. The molecule has 3 N–H and O–H groups in total. The second kappa shape index (κ2) is 5.51. The van der Waals surface area contributed by atoms with Crippen LogP contribution in [0.3, 0.4) is 0 Å². The van der Waals surface area contributed by atoms with Crippen molar-refractivity contribution in [1.29, 1.82) is 0 Å². The maximum absolute atomic E-state index is 12.5. The molecule has 0 fully saturated rings. The van der Waals surface area contributed by atoms with Crippen LogP contribution in [0.15, 0.2) is 24.3 Å². The summed E-state index contributed by atoms with van der Waals surface area (Å²) in [6.45, 7) is 4.13. The minimum atomic E-state index is -4.29. The molecule has 0 saturated carbocycles. The lowest BCUT2D eigenvalue weighted by molar-refractivity contribution is -0.137. The lowest BCUT2D eigenvalue weighted by Gasteiger charge is -2.17. The van der Waals surface area contributed by atoms with Crippen molar-refractivity contribution in [3.63, 3.8) is 0 Å². The van der Waals surface area contributed by atoms with Gasteiger partial charge in [0.2, 0.25) is 0 Å². The zero-order valence-corrected chi connectivity index (χ0v) is 9.88. The fourth-order valence-electron chi connectivity index (χ4n) is 1.32.